The Bertz CT molecular complexity index is 412. The summed E-state index contributed by atoms with van der Waals surface area (Å²) < 4.78 is 5.75. The van der Waals surface area contributed by atoms with Crippen LogP contribution in [-0.2, 0) is 11.3 Å². The molecule has 18 heavy (non-hydrogen) atoms. The molecule has 0 unspecified atom stereocenters. The van der Waals surface area contributed by atoms with E-state index < -0.39 is 0 Å². The summed E-state index contributed by atoms with van der Waals surface area (Å²) in [6.45, 7) is 1.33. The second kappa shape index (κ2) is 6.40. The molecule has 3 N–H and O–H groups in total. The van der Waals surface area contributed by atoms with E-state index in [0.717, 1.165) is 17.7 Å². The topological polar surface area (TPSA) is 67.8 Å². The summed E-state index contributed by atoms with van der Waals surface area (Å²) in [6, 6.07) is 7.58. The summed E-state index contributed by atoms with van der Waals surface area (Å²) in [5, 5.41) is 11.8. The monoisotopic (exact) mass is 248 g/mol. The van der Waals surface area contributed by atoms with Gasteiger partial charge in [-0.3, -0.25) is 0 Å². The Morgan fingerprint density at radius 2 is 2.06 bits per heavy atom. The Balaban J connectivity index is 1.92. The molecule has 2 rings (SSSR count). The fraction of sp³-hybridized carbons (Fsp3) is 0.500. The lowest BCUT2D eigenvalue weighted by molar-refractivity contribution is 0.0888. The molecule has 1 saturated carbocycles. The van der Waals surface area contributed by atoms with Gasteiger partial charge in [0.15, 0.2) is 5.84 Å². The first kappa shape index (κ1) is 12.9. The fourth-order valence-corrected chi connectivity index (χ4v) is 2.46. The Labute approximate surface area is 107 Å². The number of oxime groups is 1. The third kappa shape index (κ3) is 3.23. The predicted octanol–water partition coefficient (Wildman–Crippen LogP) is 2.49. The van der Waals surface area contributed by atoms with Gasteiger partial charge in [-0.1, -0.05) is 42.3 Å². The van der Waals surface area contributed by atoms with Crippen molar-refractivity contribution in [2.75, 3.05) is 6.61 Å². The molecule has 1 aromatic carbocycles. The average Bonchev–Trinajstić information content (AvgIpc) is 2.92. The van der Waals surface area contributed by atoms with Crippen molar-refractivity contribution in [3.63, 3.8) is 0 Å². The highest BCUT2D eigenvalue weighted by Gasteiger charge is 2.15. The number of benzene rings is 1. The third-order valence-electron chi connectivity index (χ3n) is 3.49. The Kier molecular flexibility index (Phi) is 4.59. The molecular weight excluding hydrogens is 228 g/mol. The predicted molar refractivity (Wildman–Crippen MR) is 70.6 cm³/mol. The van der Waals surface area contributed by atoms with Crippen molar-refractivity contribution < 1.29 is 9.94 Å². The largest absolute Gasteiger partial charge is 0.409 e. The molecule has 0 radical (unpaired) electrons. The molecule has 1 aromatic rings. The molecule has 1 aliphatic rings. The molecule has 0 spiro atoms. The maximum atomic E-state index is 8.73. The van der Waals surface area contributed by atoms with Gasteiger partial charge in [0.2, 0.25) is 0 Å². The second-order valence-corrected chi connectivity index (χ2v) is 4.81. The van der Waals surface area contributed by atoms with E-state index in [0.29, 0.717) is 12.5 Å². The number of hydrogen-bond donors (Lipinski definition) is 2. The minimum absolute atomic E-state index is 0.134. The SMILES string of the molecule is NC(=NO)c1ccccc1COCC1CCCC1. The van der Waals surface area contributed by atoms with E-state index in [2.05, 4.69) is 5.16 Å². The Hall–Kier alpha value is -1.55. The molecule has 0 aliphatic heterocycles. The summed E-state index contributed by atoms with van der Waals surface area (Å²) in [5.74, 6) is 0.844. The van der Waals surface area contributed by atoms with Gasteiger partial charge in [0.05, 0.1) is 6.61 Å². The summed E-state index contributed by atoms with van der Waals surface area (Å²) in [6.07, 6.45) is 5.22. The van der Waals surface area contributed by atoms with Gasteiger partial charge in [-0.2, -0.15) is 0 Å². The van der Waals surface area contributed by atoms with E-state index in [1.165, 1.54) is 25.7 Å². The molecule has 0 aromatic heterocycles. The zero-order chi connectivity index (χ0) is 12.8. The molecule has 98 valence electrons. The normalized spacial score (nSPS) is 17.2. The summed E-state index contributed by atoms with van der Waals surface area (Å²) in [5.41, 5.74) is 7.34. The molecule has 0 saturated heterocycles. The van der Waals surface area contributed by atoms with Crippen LogP contribution in [0, 0.1) is 5.92 Å². The van der Waals surface area contributed by atoms with Crippen LogP contribution in [0.25, 0.3) is 0 Å². The van der Waals surface area contributed by atoms with Crippen LogP contribution in [0.15, 0.2) is 29.4 Å². The summed E-state index contributed by atoms with van der Waals surface area (Å²) >= 11 is 0. The Morgan fingerprint density at radius 3 is 2.78 bits per heavy atom. The summed E-state index contributed by atoms with van der Waals surface area (Å²) in [4.78, 5) is 0. The highest BCUT2D eigenvalue weighted by molar-refractivity contribution is 5.98. The van der Waals surface area contributed by atoms with E-state index in [1.807, 2.05) is 24.3 Å². The molecule has 0 amide bonds. The number of rotatable bonds is 5. The van der Waals surface area contributed by atoms with Gasteiger partial charge >= 0.3 is 0 Å². The molecule has 0 heterocycles. The van der Waals surface area contributed by atoms with Crippen molar-refractivity contribution in [1.82, 2.24) is 0 Å². The molecule has 1 aliphatic carbocycles. The lowest BCUT2D eigenvalue weighted by Crippen LogP contribution is -2.16. The van der Waals surface area contributed by atoms with Crippen molar-refractivity contribution in [2.45, 2.75) is 32.3 Å². The van der Waals surface area contributed by atoms with Crippen molar-refractivity contribution in [3.8, 4) is 0 Å². The smallest absolute Gasteiger partial charge is 0.170 e. The van der Waals surface area contributed by atoms with Gasteiger partial charge in [0.25, 0.3) is 0 Å². The van der Waals surface area contributed by atoms with E-state index in [9.17, 15) is 0 Å². The average molecular weight is 248 g/mol. The quantitative estimate of drug-likeness (QED) is 0.364. The van der Waals surface area contributed by atoms with Crippen LogP contribution in [0.3, 0.4) is 0 Å². The van der Waals surface area contributed by atoms with Gasteiger partial charge < -0.3 is 15.7 Å². The zero-order valence-corrected chi connectivity index (χ0v) is 10.5. The highest BCUT2D eigenvalue weighted by atomic mass is 16.5. The standard InChI is InChI=1S/C14H20N2O2/c15-14(16-17)13-8-4-3-7-12(13)10-18-9-11-5-1-2-6-11/h3-4,7-8,11,17H,1-2,5-6,9-10H2,(H2,15,16). The second-order valence-electron chi connectivity index (χ2n) is 4.81. The minimum Gasteiger partial charge on any atom is -0.409 e. The molecule has 4 heteroatoms. The first-order chi connectivity index (χ1) is 8.81. The van der Waals surface area contributed by atoms with Gasteiger partial charge in [-0.25, -0.2) is 0 Å². The van der Waals surface area contributed by atoms with Crippen molar-refractivity contribution in [3.05, 3.63) is 35.4 Å². The highest BCUT2D eigenvalue weighted by Crippen LogP contribution is 2.25. The maximum absolute atomic E-state index is 8.73. The first-order valence-electron chi connectivity index (χ1n) is 6.45. The van der Waals surface area contributed by atoms with Crippen molar-refractivity contribution in [2.24, 2.45) is 16.8 Å². The minimum atomic E-state index is 0.134. The van der Waals surface area contributed by atoms with Gasteiger partial charge in [-0.15, -0.1) is 0 Å². The van der Waals surface area contributed by atoms with Gasteiger partial charge in [-0.05, 0) is 24.3 Å². The number of ether oxygens (including phenoxy) is 1. The van der Waals surface area contributed by atoms with Crippen molar-refractivity contribution >= 4 is 5.84 Å². The third-order valence-corrected chi connectivity index (χ3v) is 3.49. The molecule has 1 fully saturated rings. The molecular formula is C14H20N2O2. The van der Waals surface area contributed by atoms with Crippen LogP contribution in [-0.4, -0.2) is 17.6 Å². The van der Waals surface area contributed by atoms with Crippen LogP contribution in [0.5, 0.6) is 0 Å². The van der Waals surface area contributed by atoms with Crippen LogP contribution >= 0.6 is 0 Å². The molecule has 0 atom stereocenters. The van der Waals surface area contributed by atoms with Gasteiger partial charge in [0.1, 0.15) is 0 Å². The fourth-order valence-electron chi connectivity index (χ4n) is 2.46. The van der Waals surface area contributed by atoms with Crippen LogP contribution < -0.4 is 5.73 Å². The van der Waals surface area contributed by atoms with Crippen LogP contribution in [0.2, 0.25) is 0 Å². The van der Waals surface area contributed by atoms with E-state index in [-0.39, 0.29) is 5.84 Å². The first-order valence-corrected chi connectivity index (χ1v) is 6.45. The zero-order valence-electron chi connectivity index (χ0n) is 10.5. The van der Waals surface area contributed by atoms with Crippen LogP contribution in [0.1, 0.15) is 36.8 Å². The number of nitrogens with two attached hydrogens (primary N) is 1. The van der Waals surface area contributed by atoms with E-state index >= 15 is 0 Å². The van der Waals surface area contributed by atoms with Crippen molar-refractivity contribution in [1.29, 1.82) is 0 Å². The summed E-state index contributed by atoms with van der Waals surface area (Å²) in [7, 11) is 0. The number of amidine groups is 1. The maximum Gasteiger partial charge on any atom is 0.170 e. The molecule has 4 nitrogen and oxygen atoms in total. The molecule has 0 bridgehead atoms. The lowest BCUT2D eigenvalue weighted by atomic mass is 10.1. The number of hydrogen-bond acceptors (Lipinski definition) is 3. The van der Waals surface area contributed by atoms with Crippen LogP contribution in [0.4, 0.5) is 0 Å². The Morgan fingerprint density at radius 1 is 1.33 bits per heavy atom. The number of nitrogens with zero attached hydrogens (tertiary/aromatic N) is 1. The van der Waals surface area contributed by atoms with Gasteiger partial charge in [0, 0.05) is 12.2 Å². The van der Waals surface area contributed by atoms with E-state index in [1.54, 1.807) is 0 Å². The van der Waals surface area contributed by atoms with E-state index in [4.69, 9.17) is 15.7 Å². The lowest BCUT2D eigenvalue weighted by Gasteiger charge is -2.12.